The highest BCUT2D eigenvalue weighted by atomic mass is 16.3. The maximum atomic E-state index is 12.4. The fourth-order valence-electron chi connectivity index (χ4n) is 2.51. The molecule has 3 aromatic rings. The lowest BCUT2D eigenvalue weighted by molar-refractivity contribution is 0.0916. The van der Waals surface area contributed by atoms with Crippen LogP contribution < -0.4 is 5.32 Å². The molecule has 0 saturated carbocycles. The number of fused-ring (bicyclic) bond motifs is 1. The molecule has 1 amide bonds. The largest absolute Gasteiger partial charge is 0.394 e. The number of hydrogen-bond donors (Lipinski definition) is 2. The molecule has 0 spiro atoms. The normalized spacial score (nSPS) is 12.3. The maximum absolute atomic E-state index is 12.4. The van der Waals surface area contributed by atoms with Crippen molar-refractivity contribution in [2.24, 2.45) is 0 Å². The predicted molar refractivity (Wildman–Crippen MR) is 86.9 cm³/mol. The van der Waals surface area contributed by atoms with E-state index in [0.29, 0.717) is 11.1 Å². The molecule has 2 aromatic carbocycles. The SMILES string of the molecule is CCn1nnc2cc(C(=O)NC(CO)c3ccccc3)ccc21. The van der Waals surface area contributed by atoms with Crippen LogP contribution in [0.4, 0.5) is 0 Å². The Labute approximate surface area is 133 Å². The highest BCUT2D eigenvalue weighted by Gasteiger charge is 2.16. The van der Waals surface area contributed by atoms with Crippen LogP contribution in [-0.2, 0) is 6.54 Å². The number of rotatable bonds is 5. The summed E-state index contributed by atoms with van der Waals surface area (Å²) in [7, 11) is 0. The van der Waals surface area contributed by atoms with Gasteiger partial charge in [-0.3, -0.25) is 4.79 Å². The van der Waals surface area contributed by atoms with Crippen LogP contribution in [0.25, 0.3) is 11.0 Å². The first kappa shape index (κ1) is 15.2. The van der Waals surface area contributed by atoms with Gasteiger partial charge in [0.2, 0.25) is 0 Å². The maximum Gasteiger partial charge on any atom is 0.251 e. The van der Waals surface area contributed by atoms with Gasteiger partial charge < -0.3 is 10.4 Å². The Hall–Kier alpha value is -2.73. The molecular weight excluding hydrogens is 292 g/mol. The lowest BCUT2D eigenvalue weighted by atomic mass is 10.1. The zero-order chi connectivity index (χ0) is 16.2. The van der Waals surface area contributed by atoms with Crippen LogP contribution in [0.1, 0.15) is 28.9 Å². The second-order valence-corrected chi connectivity index (χ2v) is 5.23. The van der Waals surface area contributed by atoms with Gasteiger partial charge in [-0.05, 0) is 30.7 Å². The van der Waals surface area contributed by atoms with Crippen molar-refractivity contribution in [2.45, 2.75) is 19.5 Å². The molecule has 3 rings (SSSR count). The van der Waals surface area contributed by atoms with Gasteiger partial charge in [0.25, 0.3) is 5.91 Å². The van der Waals surface area contributed by atoms with E-state index in [1.807, 2.05) is 43.3 Å². The molecule has 6 heteroatoms. The number of aryl methyl sites for hydroxylation is 1. The first-order valence-electron chi connectivity index (χ1n) is 7.53. The number of hydrogen-bond acceptors (Lipinski definition) is 4. The lowest BCUT2D eigenvalue weighted by Crippen LogP contribution is -2.30. The second kappa shape index (κ2) is 6.58. The van der Waals surface area contributed by atoms with E-state index in [1.165, 1.54) is 0 Å². The molecule has 23 heavy (non-hydrogen) atoms. The molecule has 0 saturated heterocycles. The van der Waals surface area contributed by atoms with Crippen molar-refractivity contribution in [3.63, 3.8) is 0 Å². The van der Waals surface area contributed by atoms with E-state index in [-0.39, 0.29) is 12.5 Å². The van der Waals surface area contributed by atoms with Gasteiger partial charge in [-0.15, -0.1) is 5.10 Å². The van der Waals surface area contributed by atoms with Crippen molar-refractivity contribution in [1.29, 1.82) is 0 Å². The van der Waals surface area contributed by atoms with E-state index in [2.05, 4.69) is 15.6 Å². The van der Waals surface area contributed by atoms with Crippen LogP contribution in [0.3, 0.4) is 0 Å². The summed E-state index contributed by atoms with van der Waals surface area (Å²) in [4.78, 5) is 12.4. The van der Waals surface area contributed by atoms with Gasteiger partial charge in [0.05, 0.1) is 18.2 Å². The topological polar surface area (TPSA) is 80.0 Å². The van der Waals surface area contributed by atoms with Crippen molar-refractivity contribution in [3.8, 4) is 0 Å². The third kappa shape index (κ3) is 3.07. The molecule has 0 bridgehead atoms. The van der Waals surface area contributed by atoms with E-state index >= 15 is 0 Å². The van der Waals surface area contributed by atoms with Gasteiger partial charge in [0.1, 0.15) is 5.52 Å². The molecule has 0 aliphatic rings. The minimum Gasteiger partial charge on any atom is -0.394 e. The molecule has 2 N–H and O–H groups in total. The van der Waals surface area contributed by atoms with Gasteiger partial charge >= 0.3 is 0 Å². The third-order valence-corrected chi connectivity index (χ3v) is 3.77. The highest BCUT2D eigenvalue weighted by Crippen LogP contribution is 2.16. The lowest BCUT2D eigenvalue weighted by Gasteiger charge is -2.16. The number of aliphatic hydroxyl groups is 1. The number of aromatic nitrogens is 3. The molecule has 0 aliphatic heterocycles. The summed E-state index contributed by atoms with van der Waals surface area (Å²) in [6, 6.07) is 14.2. The fourth-order valence-corrected chi connectivity index (χ4v) is 2.51. The fraction of sp³-hybridized carbons (Fsp3) is 0.235. The van der Waals surface area contributed by atoms with Crippen LogP contribution in [0.2, 0.25) is 0 Å². The summed E-state index contributed by atoms with van der Waals surface area (Å²) in [5.74, 6) is -0.249. The highest BCUT2D eigenvalue weighted by molar-refractivity contribution is 5.97. The summed E-state index contributed by atoms with van der Waals surface area (Å²) >= 11 is 0. The summed E-state index contributed by atoms with van der Waals surface area (Å²) in [5, 5.41) is 20.5. The van der Waals surface area contributed by atoms with E-state index in [1.54, 1.807) is 16.8 Å². The Morgan fingerprint density at radius 2 is 2.04 bits per heavy atom. The molecule has 118 valence electrons. The quantitative estimate of drug-likeness (QED) is 0.754. The van der Waals surface area contributed by atoms with Crippen LogP contribution in [0.5, 0.6) is 0 Å². The first-order chi connectivity index (χ1) is 11.2. The van der Waals surface area contributed by atoms with Gasteiger partial charge in [-0.1, -0.05) is 35.5 Å². The van der Waals surface area contributed by atoms with Gasteiger partial charge in [0.15, 0.2) is 0 Å². The van der Waals surface area contributed by atoms with Gasteiger partial charge in [-0.25, -0.2) is 4.68 Å². The van der Waals surface area contributed by atoms with Crippen molar-refractivity contribution in [2.75, 3.05) is 6.61 Å². The van der Waals surface area contributed by atoms with E-state index < -0.39 is 6.04 Å². The average molecular weight is 310 g/mol. The minimum absolute atomic E-state index is 0.163. The molecule has 0 radical (unpaired) electrons. The molecule has 0 aliphatic carbocycles. The molecule has 1 aromatic heterocycles. The summed E-state index contributed by atoms with van der Waals surface area (Å²) in [6.07, 6.45) is 0. The van der Waals surface area contributed by atoms with Gasteiger partial charge in [-0.2, -0.15) is 0 Å². The Bertz CT molecular complexity index is 814. The smallest absolute Gasteiger partial charge is 0.251 e. The number of amides is 1. The molecule has 0 fully saturated rings. The van der Waals surface area contributed by atoms with Crippen molar-refractivity contribution >= 4 is 16.9 Å². The zero-order valence-corrected chi connectivity index (χ0v) is 12.8. The molecular formula is C17H18N4O2. The monoisotopic (exact) mass is 310 g/mol. The number of benzene rings is 2. The van der Waals surface area contributed by atoms with E-state index in [4.69, 9.17) is 0 Å². The Morgan fingerprint density at radius 3 is 2.74 bits per heavy atom. The van der Waals surface area contributed by atoms with Crippen LogP contribution in [-0.4, -0.2) is 32.6 Å². The van der Waals surface area contributed by atoms with Crippen molar-refractivity contribution < 1.29 is 9.90 Å². The number of nitrogens with zero attached hydrogens (tertiary/aromatic N) is 3. The van der Waals surface area contributed by atoms with Crippen LogP contribution in [0.15, 0.2) is 48.5 Å². The molecule has 1 heterocycles. The van der Waals surface area contributed by atoms with E-state index in [0.717, 1.165) is 17.6 Å². The standard InChI is InChI=1S/C17H18N4O2/c1-2-21-16-9-8-13(10-14(16)19-20-21)17(23)18-15(11-22)12-6-4-3-5-7-12/h3-10,15,22H,2,11H2,1H3,(H,18,23). The van der Waals surface area contributed by atoms with Gasteiger partial charge in [0, 0.05) is 12.1 Å². The van der Waals surface area contributed by atoms with Crippen LogP contribution in [0, 0.1) is 0 Å². The second-order valence-electron chi connectivity index (χ2n) is 5.23. The van der Waals surface area contributed by atoms with Crippen LogP contribution >= 0.6 is 0 Å². The molecule has 6 nitrogen and oxygen atoms in total. The third-order valence-electron chi connectivity index (χ3n) is 3.77. The Balaban J connectivity index is 1.82. The summed E-state index contributed by atoms with van der Waals surface area (Å²) < 4.78 is 1.78. The Kier molecular flexibility index (Phi) is 4.34. The summed E-state index contributed by atoms with van der Waals surface area (Å²) in [6.45, 7) is 2.55. The average Bonchev–Trinajstić information content (AvgIpc) is 3.02. The number of carbonyl (C=O) groups excluding carboxylic acids is 1. The van der Waals surface area contributed by atoms with E-state index in [9.17, 15) is 9.90 Å². The minimum atomic E-state index is -0.439. The number of nitrogens with one attached hydrogen (secondary N) is 1. The number of carbonyl (C=O) groups is 1. The molecule has 1 atom stereocenters. The zero-order valence-electron chi connectivity index (χ0n) is 12.8. The Morgan fingerprint density at radius 1 is 1.26 bits per heavy atom. The molecule has 1 unspecified atom stereocenters. The number of aliphatic hydroxyl groups excluding tert-OH is 1. The summed E-state index contributed by atoms with van der Waals surface area (Å²) in [5.41, 5.74) is 2.93. The van der Waals surface area contributed by atoms with Crippen molar-refractivity contribution in [3.05, 3.63) is 59.7 Å². The first-order valence-corrected chi connectivity index (χ1v) is 7.53. The van der Waals surface area contributed by atoms with Crippen molar-refractivity contribution in [1.82, 2.24) is 20.3 Å². The predicted octanol–water partition coefficient (Wildman–Crippen LogP) is 1.91.